The van der Waals surface area contributed by atoms with E-state index in [1.807, 2.05) is 0 Å². The summed E-state index contributed by atoms with van der Waals surface area (Å²) in [5, 5.41) is 19.9. The second-order valence-electron chi connectivity index (χ2n) is 9.66. The lowest BCUT2D eigenvalue weighted by Crippen LogP contribution is -2.49. The first-order chi connectivity index (χ1) is 17.4. The molecule has 2 heterocycles. The Morgan fingerprint density at radius 1 is 0.730 bits per heavy atom. The van der Waals surface area contributed by atoms with Gasteiger partial charge in [-0.05, 0) is 37.5 Å². The number of hydrogen-bond acceptors (Lipinski definition) is 11. The molecule has 196 valence electrons. The number of carbonyl (C=O) groups is 8. The Bertz CT molecular complexity index is 1090. The van der Waals surface area contributed by atoms with Crippen LogP contribution in [0.3, 0.4) is 0 Å². The number of hydrogen-bond donors (Lipinski definition) is 2. The number of ether oxygens (including phenoxy) is 3. The van der Waals surface area contributed by atoms with Crippen molar-refractivity contribution in [3.05, 3.63) is 24.3 Å². The van der Waals surface area contributed by atoms with Crippen molar-refractivity contribution in [2.45, 2.75) is 38.5 Å². The standard InChI is InChI=1S/C24H22O13/c25-15-7-13(17(27)35-15)11-3-1-5-23(9-11,19(29)30)21(33)37-22(34)24(20(31)32)6-2-4-12(10-24)14-8-16(26)36-18(14)28/h1-4,11-14H,5-10H2,(H,29,30)(H,31,32). The highest BCUT2D eigenvalue weighted by molar-refractivity contribution is 6.08. The van der Waals surface area contributed by atoms with E-state index in [0.717, 1.165) is 0 Å². The molecule has 13 nitrogen and oxygen atoms in total. The zero-order valence-corrected chi connectivity index (χ0v) is 19.2. The van der Waals surface area contributed by atoms with Gasteiger partial charge in [0.1, 0.15) is 0 Å². The van der Waals surface area contributed by atoms with Gasteiger partial charge in [0.25, 0.3) is 0 Å². The lowest BCUT2D eigenvalue weighted by Gasteiger charge is -2.36. The smallest absolute Gasteiger partial charge is 0.331 e. The summed E-state index contributed by atoms with van der Waals surface area (Å²) in [5.74, 6) is -13.4. The van der Waals surface area contributed by atoms with Crippen LogP contribution in [0.2, 0.25) is 0 Å². The molecular formula is C24H22O13. The Balaban J connectivity index is 1.56. The minimum Gasteiger partial charge on any atom is -0.480 e. The molecule has 6 atom stereocenters. The largest absolute Gasteiger partial charge is 0.480 e. The normalized spacial score (nSPS) is 35.1. The SMILES string of the molecule is O=C1CC(C2C=CCC(C(=O)O)(C(=O)OC(=O)C3(C(=O)O)CC=CC(C4CC(=O)OC4=O)C3)C2)C(=O)O1. The lowest BCUT2D eigenvalue weighted by molar-refractivity contribution is -0.184. The Morgan fingerprint density at radius 3 is 1.41 bits per heavy atom. The van der Waals surface area contributed by atoms with Crippen LogP contribution in [0.5, 0.6) is 0 Å². The molecule has 6 unspecified atom stereocenters. The summed E-state index contributed by atoms with van der Waals surface area (Å²) in [5.41, 5.74) is -4.65. The van der Waals surface area contributed by atoms with E-state index in [9.17, 15) is 48.6 Å². The number of allylic oxidation sites excluding steroid dienone is 4. The van der Waals surface area contributed by atoms with Crippen molar-refractivity contribution in [1.82, 2.24) is 0 Å². The van der Waals surface area contributed by atoms with Crippen LogP contribution in [-0.4, -0.2) is 58.0 Å². The number of carboxylic acid groups (broad SMARTS) is 2. The van der Waals surface area contributed by atoms with Gasteiger partial charge in [0, 0.05) is 0 Å². The quantitative estimate of drug-likeness (QED) is 0.210. The van der Waals surface area contributed by atoms with Gasteiger partial charge in [-0.2, -0.15) is 0 Å². The minimum atomic E-state index is -2.33. The maximum Gasteiger partial charge on any atom is 0.331 e. The van der Waals surface area contributed by atoms with E-state index in [2.05, 4.69) is 9.47 Å². The van der Waals surface area contributed by atoms with Crippen molar-refractivity contribution in [2.75, 3.05) is 0 Å². The molecule has 4 aliphatic rings. The van der Waals surface area contributed by atoms with Gasteiger partial charge < -0.3 is 24.4 Å². The molecular weight excluding hydrogens is 496 g/mol. The molecule has 37 heavy (non-hydrogen) atoms. The molecule has 0 radical (unpaired) electrons. The first kappa shape index (κ1) is 25.9. The molecule has 0 aromatic rings. The fourth-order valence-electron chi connectivity index (χ4n) is 5.32. The summed E-state index contributed by atoms with van der Waals surface area (Å²) in [7, 11) is 0. The van der Waals surface area contributed by atoms with Gasteiger partial charge in [-0.25, -0.2) is 0 Å². The number of carboxylic acids is 2. The molecule has 2 N–H and O–H groups in total. The van der Waals surface area contributed by atoms with E-state index in [0.29, 0.717) is 0 Å². The molecule has 0 bridgehead atoms. The van der Waals surface area contributed by atoms with Crippen molar-refractivity contribution in [3.8, 4) is 0 Å². The lowest BCUT2D eigenvalue weighted by atomic mass is 9.68. The fourth-order valence-corrected chi connectivity index (χ4v) is 5.32. The van der Waals surface area contributed by atoms with Gasteiger partial charge in [0.2, 0.25) is 0 Å². The van der Waals surface area contributed by atoms with Crippen LogP contribution in [-0.2, 0) is 52.6 Å². The number of rotatable bonds is 6. The molecule has 2 fully saturated rings. The van der Waals surface area contributed by atoms with E-state index < -0.39 is 108 Å². The van der Waals surface area contributed by atoms with E-state index in [-0.39, 0.29) is 12.8 Å². The number of aliphatic carboxylic acids is 2. The highest BCUT2D eigenvalue weighted by atomic mass is 16.6. The summed E-state index contributed by atoms with van der Waals surface area (Å²) in [6.07, 6.45) is 3.21. The molecule has 2 saturated heterocycles. The van der Waals surface area contributed by atoms with Crippen molar-refractivity contribution in [3.63, 3.8) is 0 Å². The van der Waals surface area contributed by atoms with Crippen LogP contribution < -0.4 is 0 Å². The Kier molecular flexibility index (Phi) is 6.57. The minimum absolute atomic E-state index is 0.306. The summed E-state index contributed by atoms with van der Waals surface area (Å²) in [6, 6.07) is 0. The Hall–Kier alpha value is -4.16. The zero-order chi connectivity index (χ0) is 27.1. The third-order valence-corrected chi connectivity index (χ3v) is 7.49. The summed E-state index contributed by atoms with van der Waals surface area (Å²) in [4.78, 5) is 97.8. The fraction of sp³-hybridized carbons (Fsp3) is 0.500. The molecule has 2 aliphatic carbocycles. The Labute approximate surface area is 208 Å². The monoisotopic (exact) mass is 518 g/mol. The van der Waals surface area contributed by atoms with Gasteiger partial charge in [0.15, 0.2) is 10.8 Å². The maximum atomic E-state index is 13.1. The number of carbonyl (C=O) groups excluding carboxylic acids is 6. The van der Waals surface area contributed by atoms with Crippen LogP contribution in [0, 0.1) is 34.5 Å². The van der Waals surface area contributed by atoms with Crippen molar-refractivity contribution in [1.29, 1.82) is 0 Å². The average molecular weight is 518 g/mol. The highest BCUT2D eigenvalue weighted by Gasteiger charge is 2.57. The molecule has 2 aliphatic heterocycles. The summed E-state index contributed by atoms with van der Waals surface area (Å²) >= 11 is 0. The topological polar surface area (TPSA) is 205 Å². The van der Waals surface area contributed by atoms with Crippen molar-refractivity contribution < 1.29 is 62.8 Å². The first-order valence-electron chi connectivity index (χ1n) is 11.5. The molecule has 13 heteroatoms. The molecule has 0 amide bonds. The van der Waals surface area contributed by atoms with Gasteiger partial charge in [-0.1, -0.05) is 24.3 Å². The first-order valence-corrected chi connectivity index (χ1v) is 11.5. The summed E-state index contributed by atoms with van der Waals surface area (Å²) in [6.45, 7) is 0. The molecule has 0 saturated carbocycles. The van der Waals surface area contributed by atoms with E-state index in [4.69, 9.17) is 4.74 Å². The highest BCUT2D eigenvalue weighted by Crippen LogP contribution is 2.45. The van der Waals surface area contributed by atoms with Crippen LogP contribution in [0.15, 0.2) is 24.3 Å². The predicted molar refractivity (Wildman–Crippen MR) is 113 cm³/mol. The van der Waals surface area contributed by atoms with Gasteiger partial charge in [0.05, 0.1) is 24.7 Å². The number of cyclic esters (lactones) is 4. The van der Waals surface area contributed by atoms with Gasteiger partial charge >= 0.3 is 47.8 Å². The van der Waals surface area contributed by atoms with Crippen LogP contribution in [0.1, 0.15) is 38.5 Å². The van der Waals surface area contributed by atoms with Crippen LogP contribution >= 0.6 is 0 Å². The zero-order valence-electron chi connectivity index (χ0n) is 19.2. The average Bonchev–Trinajstić information content (AvgIpc) is 3.37. The third kappa shape index (κ3) is 4.45. The maximum absolute atomic E-state index is 13.1. The molecule has 0 spiro atoms. The third-order valence-electron chi connectivity index (χ3n) is 7.49. The number of esters is 6. The Morgan fingerprint density at radius 2 is 1.11 bits per heavy atom. The van der Waals surface area contributed by atoms with Gasteiger partial charge in [-0.15, -0.1) is 0 Å². The predicted octanol–water partition coefficient (Wildman–Crippen LogP) is 0.310. The van der Waals surface area contributed by atoms with Crippen LogP contribution in [0.4, 0.5) is 0 Å². The van der Waals surface area contributed by atoms with Crippen molar-refractivity contribution >= 4 is 47.8 Å². The van der Waals surface area contributed by atoms with E-state index >= 15 is 0 Å². The van der Waals surface area contributed by atoms with Crippen molar-refractivity contribution in [2.24, 2.45) is 34.5 Å². The molecule has 4 rings (SSSR count). The second kappa shape index (κ2) is 9.37. The van der Waals surface area contributed by atoms with Crippen LogP contribution in [0.25, 0.3) is 0 Å². The second-order valence-corrected chi connectivity index (χ2v) is 9.66. The van der Waals surface area contributed by atoms with Gasteiger partial charge in [-0.3, -0.25) is 38.4 Å². The molecule has 0 aromatic carbocycles. The summed E-state index contributed by atoms with van der Waals surface area (Å²) < 4.78 is 13.9. The molecule has 0 aromatic heterocycles. The van der Waals surface area contributed by atoms with E-state index in [1.54, 1.807) is 0 Å². The van der Waals surface area contributed by atoms with E-state index in [1.165, 1.54) is 24.3 Å².